The van der Waals surface area contributed by atoms with Gasteiger partial charge < -0.3 is 14.2 Å². The lowest BCUT2D eigenvalue weighted by molar-refractivity contribution is 0.0788. The van der Waals surface area contributed by atoms with E-state index in [4.69, 9.17) is 4.42 Å². The molecule has 2 atom stereocenters. The number of rotatable bonds is 5. The van der Waals surface area contributed by atoms with Crippen LogP contribution in [0.15, 0.2) is 46.9 Å². The SMILES string of the molecule is Cc1ccc(C(=O)N2C[C@H](CN(C)C)[C@@H](c3nnc(-c4ccccc4)o3)C2)s1. The van der Waals surface area contributed by atoms with Crippen LogP contribution in [0.3, 0.4) is 0 Å². The number of hydrogen-bond acceptors (Lipinski definition) is 6. The van der Waals surface area contributed by atoms with Gasteiger partial charge in [-0.25, -0.2) is 0 Å². The minimum absolute atomic E-state index is 0.0392. The van der Waals surface area contributed by atoms with E-state index >= 15 is 0 Å². The number of aromatic nitrogens is 2. The molecule has 4 rings (SSSR count). The summed E-state index contributed by atoms with van der Waals surface area (Å²) in [6, 6.07) is 13.7. The molecule has 0 bridgehead atoms. The van der Waals surface area contributed by atoms with Crippen LogP contribution in [-0.4, -0.2) is 59.6 Å². The van der Waals surface area contributed by atoms with Gasteiger partial charge in [0.25, 0.3) is 5.91 Å². The number of amides is 1. The van der Waals surface area contributed by atoms with Crippen molar-refractivity contribution in [3.05, 3.63) is 58.1 Å². The second kappa shape index (κ2) is 7.85. The first kappa shape index (κ1) is 18.8. The van der Waals surface area contributed by atoms with E-state index < -0.39 is 0 Å². The normalized spacial score (nSPS) is 19.5. The third-order valence-corrected chi connectivity index (χ3v) is 6.05. The van der Waals surface area contributed by atoms with Gasteiger partial charge in [0.05, 0.1) is 10.8 Å². The molecule has 1 amide bonds. The highest BCUT2D eigenvalue weighted by Gasteiger charge is 2.40. The van der Waals surface area contributed by atoms with Gasteiger partial charge in [-0.1, -0.05) is 18.2 Å². The molecule has 146 valence electrons. The van der Waals surface area contributed by atoms with Crippen molar-refractivity contribution in [1.82, 2.24) is 20.0 Å². The summed E-state index contributed by atoms with van der Waals surface area (Å²) >= 11 is 1.54. The van der Waals surface area contributed by atoms with Crippen molar-refractivity contribution in [2.45, 2.75) is 12.8 Å². The summed E-state index contributed by atoms with van der Waals surface area (Å²) in [5.41, 5.74) is 0.908. The third-order valence-electron chi connectivity index (χ3n) is 5.06. The van der Waals surface area contributed by atoms with Gasteiger partial charge >= 0.3 is 0 Å². The first-order valence-electron chi connectivity index (χ1n) is 9.40. The van der Waals surface area contributed by atoms with E-state index in [1.165, 1.54) is 0 Å². The minimum Gasteiger partial charge on any atom is -0.420 e. The summed E-state index contributed by atoms with van der Waals surface area (Å²) in [5, 5.41) is 8.58. The average Bonchev–Trinajstić information content (AvgIpc) is 3.41. The van der Waals surface area contributed by atoms with Crippen LogP contribution in [0.1, 0.15) is 26.4 Å². The Balaban J connectivity index is 1.57. The summed E-state index contributed by atoms with van der Waals surface area (Å²) in [6.45, 7) is 4.18. The Morgan fingerprint density at radius 3 is 2.64 bits per heavy atom. The molecule has 1 aliphatic rings. The lowest BCUT2D eigenvalue weighted by Gasteiger charge is -2.19. The molecule has 0 aliphatic carbocycles. The number of thiophene rings is 1. The maximum atomic E-state index is 13.0. The highest BCUT2D eigenvalue weighted by molar-refractivity contribution is 7.13. The van der Waals surface area contributed by atoms with E-state index in [1.54, 1.807) is 11.3 Å². The van der Waals surface area contributed by atoms with Gasteiger partial charge in [0.1, 0.15) is 0 Å². The van der Waals surface area contributed by atoms with Gasteiger partial charge in [-0.05, 0) is 45.3 Å². The monoisotopic (exact) mass is 396 g/mol. The van der Waals surface area contributed by atoms with Crippen LogP contribution in [0.25, 0.3) is 11.5 Å². The maximum absolute atomic E-state index is 13.0. The Bertz CT molecular complexity index is 950. The van der Waals surface area contributed by atoms with E-state index in [2.05, 4.69) is 15.1 Å². The van der Waals surface area contributed by atoms with Crippen molar-refractivity contribution in [3.8, 4) is 11.5 Å². The van der Waals surface area contributed by atoms with Crippen molar-refractivity contribution < 1.29 is 9.21 Å². The third kappa shape index (κ3) is 3.86. The fourth-order valence-corrected chi connectivity index (χ4v) is 4.59. The average molecular weight is 397 g/mol. The first-order chi connectivity index (χ1) is 13.5. The zero-order chi connectivity index (χ0) is 19.7. The van der Waals surface area contributed by atoms with Gasteiger partial charge in [-0.3, -0.25) is 4.79 Å². The highest BCUT2D eigenvalue weighted by atomic mass is 32.1. The number of carbonyl (C=O) groups is 1. The summed E-state index contributed by atoms with van der Waals surface area (Å²) in [5.74, 6) is 1.52. The minimum atomic E-state index is 0.0392. The lowest BCUT2D eigenvalue weighted by atomic mass is 9.95. The summed E-state index contributed by atoms with van der Waals surface area (Å²) in [4.78, 5) is 19.0. The molecule has 0 saturated carbocycles. The van der Waals surface area contributed by atoms with Gasteiger partial charge in [0.2, 0.25) is 11.8 Å². The van der Waals surface area contributed by atoms with Crippen molar-refractivity contribution in [2.24, 2.45) is 5.92 Å². The molecule has 7 heteroatoms. The number of benzene rings is 1. The molecule has 1 aliphatic heterocycles. The van der Waals surface area contributed by atoms with Crippen LogP contribution < -0.4 is 0 Å². The smallest absolute Gasteiger partial charge is 0.263 e. The van der Waals surface area contributed by atoms with E-state index in [-0.39, 0.29) is 17.7 Å². The Morgan fingerprint density at radius 2 is 1.96 bits per heavy atom. The van der Waals surface area contributed by atoms with Crippen molar-refractivity contribution >= 4 is 17.2 Å². The molecule has 0 spiro atoms. The van der Waals surface area contributed by atoms with Crippen LogP contribution in [0.4, 0.5) is 0 Å². The molecular weight excluding hydrogens is 372 g/mol. The number of carbonyl (C=O) groups excluding carboxylic acids is 1. The molecule has 3 aromatic rings. The van der Waals surface area contributed by atoms with Crippen LogP contribution in [-0.2, 0) is 0 Å². The van der Waals surface area contributed by atoms with Gasteiger partial charge in [-0.2, -0.15) is 0 Å². The quantitative estimate of drug-likeness (QED) is 0.660. The molecule has 0 N–H and O–H groups in total. The molecule has 0 unspecified atom stereocenters. The summed E-state index contributed by atoms with van der Waals surface area (Å²) in [6.07, 6.45) is 0. The Kier molecular flexibility index (Phi) is 5.28. The topological polar surface area (TPSA) is 62.5 Å². The van der Waals surface area contributed by atoms with E-state index in [0.29, 0.717) is 24.9 Å². The lowest BCUT2D eigenvalue weighted by Crippen LogP contribution is -2.30. The molecule has 1 aromatic carbocycles. The maximum Gasteiger partial charge on any atom is 0.263 e. The summed E-state index contributed by atoms with van der Waals surface area (Å²) in [7, 11) is 4.10. The van der Waals surface area contributed by atoms with Crippen molar-refractivity contribution in [1.29, 1.82) is 0 Å². The summed E-state index contributed by atoms with van der Waals surface area (Å²) < 4.78 is 6.03. The number of nitrogens with zero attached hydrogens (tertiary/aromatic N) is 4. The van der Waals surface area contributed by atoms with E-state index in [0.717, 1.165) is 21.9 Å². The number of likely N-dealkylation sites (tertiary alicyclic amines) is 1. The molecule has 28 heavy (non-hydrogen) atoms. The molecular formula is C21H24N4O2S. The molecule has 2 aromatic heterocycles. The first-order valence-corrected chi connectivity index (χ1v) is 10.2. The van der Waals surface area contributed by atoms with Gasteiger partial charge in [0.15, 0.2) is 0 Å². The van der Waals surface area contributed by atoms with Crippen molar-refractivity contribution in [3.63, 3.8) is 0 Å². The fraction of sp³-hybridized carbons (Fsp3) is 0.381. The van der Waals surface area contributed by atoms with E-state index in [1.807, 2.05) is 68.4 Å². The molecule has 0 radical (unpaired) electrons. The standard InChI is InChI=1S/C21H24N4O2S/c1-14-9-10-18(28-14)21(26)25-12-16(11-24(2)3)17(13-25)20-23-22-19(27-20)15-7-5-4-6-8-15/h4-10,16-17H,11-13H2,1-3H3/t16-,17-/m0/s1. The second-order valence-corrected chi connectivity index (χ2v) is 8.85. The predicted molar refractivity (Wildman–Crippen MR) is 109 cm³/mol. The Hall–Kier alpha value is -2.51. The molecule has 1 fully saturated rings. The number of aryl methyl sites for hydroxylation is 1. The molecule has 1 saturated heterocycles. The predicted octanol–water partition coefficient (Wildman–Crippen LogP) is 3.52. The van der Waals surface area contributed by atoms with Gasteiger partial charge in [-0.15, -0.1) is 21.5 Å². The number of hydrogen-bond donors (Lipinski definition) is 0. The second-order valence-electron chi connectivity index (χ2n) is 7.56. The zero-order valence-electron chi connectivity index (χ0n) is 16.3. The van der Waals surface area contributed by atoms with Crippen molar-refractivity contribution in [2.75, 3.05) is 33.7 Å². The van der Waals surface area contributed by atoms with Crippen LogP contribution in [0, 0.1) is 12.8 Å². The zero-order valence-corrected chi connectivity index (χ0v) is 17.1. The Labute approximate surface area is 168 Å². The van der Waals surface area contributed by atoms with Crippen LogP contribution in [0.2, 0.25) is 0 Å². The Morgan fingerprint density at radius 1 is 1.18 bits per heavy atom. The highest BCUT2D eigenvalue weighted by Crippen LogP contribution is 2.35. The van der Waals surface area contributed by atoms with Gasteiger partial charge in [0, 0.05) is 36.0 Å². The fourth-order valence-electron chi connectivity index (χ4n) is 3.76. The van der Waals surface area contributed by atoms with E-state index in [9.17, 15) is 4.79 Å². The van der Waals surface area contributed by atoms with Crippen LogP contribution >= 0.6 is 11.3 Å². The molecule has 3 heterocycles. The largest absolute Gasteiger partial charge is 0.420 e. The molecule has 6 nitrogen and oxygen atoms in total. The van der Waals surface area contributed by atoms with Crippen LogP contribution in [0.5, 0.6) is 0 Å².